The first-order valence-electron chi connectivity index (χ1n) is 5.91. The van der Waals surface area contributed by atoms with Crippen LogP contribution in [-0.2, 0) is 14.8 Å². The van der Waals surface area contributed by atoms with Crippen LogP contribution in [0, 0.1) is 12.8 Å². The number of amides is 1. The van der Waals surface area contributed by atoms with Crippen LogP contribution in [0.1, 0.15) is 25.8 Å². The Hall–Kier alpha value is -0.820. The summed E-state index contributed by atoms with van der Waals surface area (Å²) in [6.07, 6.45) is 0.662. The molecule has 5 nitrogen and oxygen atoms in total. The van der Waals surface area contributed by atoms with Crippen molar-refractivity contribution in [2.45, 2.75) is 32.1 Å². The molecule has 0 fully saturated rings. The zero-order valence-electron chi connectivity index (χ0n) is 11.3. The fourth-order valence-corrected chi connectivity index (χ4v) is 3.02. The lowest BCUT2D eigenvalue weighted by Crippen LogP contribution is -2.21. The summed E-state index contributed by atoms with van der Waals surface area (Å²) in [7, 11) is -3.93. The van der Waals surface area contributed by atoms with Gasteiger partial charge in [-0.2, -0.15) is 0 Å². The first-order valence-corrected chi connectivity index (χ1v) is 8.22. The first kappa shape index (κ1) is 17.2. The Morgan fingerprint density at radius 2 is 2.00 bits per heavy atom. The monoisotopic (exact) mass is 338 g/mol. The molecule has 0 saturated carbocycles. The van der Waals surface area contributed by atoms with E-state index in [9.17, 15) is 13.2 Å². The third-order valence-electron chi connectivity index (χ3n) is 3.03. The lowest BCUT2D eigenvalue weighted by molar-refractivity contribution is -0.119. The Morgan fingerprint density at radius 3 is 2.45 bits per heavy atom. The molecule has 0 heterocycles. The van der Waals surface area contributed by atoms with Crippen molar-refractivity contribution in [3.8, 4) is 0 Å². The van der Waals surface area contributed by atoms with E-state index in [-0.39, 0.29) is 38.0 Å². The average molecular weight is 339 g/mol. The Kier molecular flexibility index (Phi) is 5.43. The number of carbonyl (C=O) groups excluding carboxylic acids is 1. The van der Waals surface area contributed by atoms with E-state index in [4.69, 9.17) is 28.3 Å². The maximum absolute atomic E-state index is 11.9. The number of hydrogen-bond acceptors (Lipinski definition) is 3. The first-order chi connectivity index (χ1) is 9.09. The van der Waals surface area contributed by atoms with Gasteiger partial charge >= 0.3 is 0 Å². The molecular weight excluding hydrogens is 323 g/mol. The van der Waals surface area contributed by atoms with Gasteiger partial charge in [-0.15, -0.1) is 0 Å². The molecule has 1 amide bonds. The van der Waals surface area contributed by atoms with Gasteiger partial charge in [-0.25, -0.2) is 13.6 Å². The zero-order chi connectivity index (χ0) is 15.7. The van der Waals surface area contributed by atoms with Gasteiger partial charge in [0.15, 0.2) is 0 Å². The Labute approximate surface area is 128 Å². The number of carbonyl (C=O) groups is 1. The lowest BCUT2D eigenvalue weighted by Gasteiger charge is -2.16. The van der Waals surface area contributed by atoms with Gasteiger partial charge in [0.25, 0.3) is 0 Å². The minimum atomic E-state index is -3.93. The average Bonchev–Trinajstić information content (AvgIpc) is 2.36. The van der Waals surface area contributed by atoms with Crippen molar-refractivity contribution in [3.63, 3.8) is 0 Å². The summed E-state index contributed by atoms with van der Waals surface area (Å²) in [5.74, 6) is -0.445. The van der Waals surface area contributed by atoms with Crippen molar-refractivity contribution in [3.05, 3.63) is 21.7 Å². The summed E-state index contributed by atoms with van der Waals surface area (Å²) in [6, 6.07) is 1.18. The lowest BCUT2D eigenvalue weighted by atomic mass is 10.1. The Bertz CT molecular complexity index is 645. The van der Waals surface area contributed by atoms with Gasteiger partial charge in [0.05, 0.1) is 20.6 Å². The second-order valence-corrected chi connectivity index (χ2v) is 6.83. The van der Waals surface area contributed by atoms with Gasteiger partial charge in [0.2, 0.25) is 15.9 Å². The van der Waals surface area contributed by atoms with Crippen LogP contribution in [0.4, 0.5) is 5.69 Å². The number of benzene rings is 1. The molecule has 0 spiro atoms. The molecule has 8 heteroatoms. The molecule has 1 aromatic carbocycles. The van der Waals surface area contributed by atoms with Crippen LogP contribution in [0.2, 0.25) is 10.0 Å². The predicted octanol–water partition coefficient (Wildman–Crippen LogP) is 2.93. The highest BCUT2D eigenvalue weighted by Crippen LogP contribution is 2.37. The van der Waals surface area contributed by atoms with Crippen LogP contribution in [0.15, 0.2) is 11.0 Å². The quantitative estimate of drug-likeness (QED) is 0.884. The van der Waals surface area contributed by atoms with Crippen molar-refractivity contribution in [2.75, 3.05) is 5.32 Å². The number of hydrogen-bond donors (Lipinski definition) is 2. The van der Waals surface area contributed by atoms with E-state index in [1.54, 1.807) is 6.92 Å². The fourth-order valence-electron chi connectivity index (χ4n) is 1.54. The topological polar surface area (TPSA) is 89.3 Å². The highest BCUT2D eigenvalue weighted by molar-refractivity contribution is 7.89. The van der Waals surface area contributed by atoms with E-state index in [2.05, 4.69) is 5.32 Å². The van der Waals surface area contributed by atoms with Gasteiger partial charge < -0.3 is 5.32 Å². The third kappa shape index (κ3) is 3.63. The molecule has 1 atom stereocenters. The van der Waals surface area contributed by atoms with Crippen molar-refractivity contribution in [1.82, 2.24) is 0 Å². The maximum atomic E-state index is 11.9. The second-order valence-electron chi connectivity index (χ2n) is 4.51. The van der Waals surface area contributed by atoms with Crippen LogP contribution < -0.4 is 10.5 Å². The van der Waals surface area contributed by atoms with Crippen LogP contribution in [0.3, 0.4) is 0 Å². The van der Waals surface area contributed by atoms with E-state index in [1.165, 1.54) is 13.0 Å². The van der Waals surface area contributed by atoms with E-state index in [0.29, 0.717) is 6.42 Å². The number of sulfonamides is 1. The van der Waals surface area contributed by atoms with Crippen LogP contribution >= 0.6 is 23.2 Å². The van der Waals surface area contributed by atoms with Crippen LogP contribution in [0.5, 0.6) is 0 Å². The molecule has 0 saturated heterocycles. The predicted molar refractivity (Wildman–Crippen MR) is 80.7 cm³/mol. The van der Waals surface area contributed by atoms with Crippen molar-refractivity contribution in [2.24, 2.45) is 11.1 Å². The zero-order valence-corrected chi connectivity index (χ0v) is 13.7. The molecule has 0 aliphatic heterocycles. The van der Waals surface area contributed by atoms with E-state index >= 15 is 0 Å². The molecule has 3 N–H and O–H groups in total. The summed E-state index contributed by atoms with van der Waals surface area (Å²) < 4.78 is 22.8. The minimum absolute atomic E-state index is 0.0290. The Balaban J connectivity index is 3.32. The molecule has 0 aromatic heterocycles. The number of rotatable bonds is 4. The van der Waals surface area contributed by atoms with E-state index in [1.807, 2.05) is 6.92 Å². The number of anilines is 1. The SMILES string of the molecule is CCC(C)C(=O)Nc1c(Cl)cc(S(N)(=O)=O)c(C)c1Cl. The van der Waals surface area contributed by atoms with Gasteiger partial charge in [0.1, 0.15) is 0 Å². The van der Waals surface area contributed by atoms with Crippen LogP contribution in [0.25, 0.3) is 0 Å². The molecule has 20 heavy (non-hydrogen) atoms. The van der Waals surface area contributed by atoms with Gasteiger partial charge in [-0.1, -0.05) is 37.0 Å². The number of halogens is 2. The number of nitrogens with one attached hydrogen (secondary N) is 1. The molecular formula is C12H16Cl2N2O3S. The molecule has 0 aliphatic carbocycles. The number of primary sulfonamides is 1. The standard InChI is InChI=1S/C12H16Cl2N2O3S/c1-4-6(2)12(17)16-11-8(13)5-9(20(15,18)19)7(3)10(11)14/h5-6H,4H2,1-3H3,(H,16,17)(H2,15,18,19). The smallest absolute Gasteiger partial charge is 0.238 e. The summed E-state index contributed by atoms with van der Waals surface area (Å²) in [4.78, 5) is 11.7. The van der Waals surface area contributed by atoms with Crippen molar-refractivity contribution < 1.29 is 13.2 Å². The van der Waals surface area contributed by atoms with Gasteiger partial charge in [0, 0.05) is 5.92 Å². The maximum Gasteiger partial charge on any atom is 0.238 e. The normalized spacial score (nSPS) is 13.1. The Morgan fingerprint density at radius 1 is 1.45 bits per heavy atom. The molecule has 0 radical (unpaired) electrons. The second kappa shape index (κ2) is 6.30. The summed E-state index contributed by atoms with van der Waals surface area (Å²) >= 11 is 12.1. The summed E-state index contributed by atoms with van der Waals surface area (Å²) in [6.45, 7) is 5.14. The van der Waals surface area contributed by atoms with E-state index < -0.39 is 10.0 Å². The minimum Gasteiger partial charge on any atom is -0.323 e. The van der Waals surface area contributed by atoms with E-state index in [0.717, 1.165) is 0 Å². The molecule has 1 rings (SSSR count). The van der Waals surface area contributed by atoms with Crippen molar-refractivity contribution in [1.29, 1.82) is 0 Å². The van der Waals surface area contributed by atoms with Gasteiger partial charge in [-0.05, 0) is 25.0 Å². The van der Waals surface area contributed by atoms with Crippen LogP contribution in [-0.4, -0.2) is 14.3 Å². The largest absolute Gasteiger partial charge is 0.323 e. The van der Waals surface area contributed by atoms with Crippen molar-refractivity contribution >= 4 is 44.8 Å². The molecule has 0 aliphatic rings. The summed E-state index contributed by atoms with van der Waals surface area (Å²) in [5, 5.41) is 7.79. The number of nitrogens with two attached hydrogens (primary N) is 1. The molecule has 1 aromatic rings. The van der Waals surface area contributed by atoms with Gasteiger partial charge in [-0.3, -0.25) is 4.79 Å². The molecule has 1 unspecified atom stereocenters. The fraction of sp³-hybridized carbons (Fsp3) is 0.417. The third-order valence-corrected chi connectivity index (χ3v) is 4.84. The summed E-state index contributed by atoms with van der Waals surface area (Å²) in [5.41, 5.74) is 0.446. The molecule has 0 bridgehead atoms. The highest BCUT2D eigenvalue weighted by atomic mass is 35.5. The molecule has 112 valence electrons. The highest BCUT2D eigenvalue weighted by Gasteiger charge is 2.21.